The van der Waals surface area contributed by atoms with Crippen molar-refractivity contribution in [2.75, 3.05) is 0 Å². The summed E-state index contributed by atoms with van der Waals surface area (Å²) >= 11 is 0. The zero-order valence-electron chi connectivity index (χ0n) is 10.9. The molecule has 100 valence electrons. The molecule has 0 amide bonds. The molecule has 0 aliphatic rings. The van der Waals surface area contributed by atoms with E-state index in [0.717, 1.165) is 13.0 Å². The van der Waals surface area contributed by atoms with E-state index in [1.807, 2.05) is 13.0 Å². The Labute approximate surface area is 111 Å². The van der Waals surface area contributed by atoms with Crippen LogP contribution in [0.15, 0.2) is 36.7 Å². The molecule has 1 aromatic carbocycles. The van der Waals surface area contributed by atoms with Crippen LogP contribution in [0.25, 0.3) is 0 Å². The Morgan fingerprint density at radius 2 is 2.11 bits per heavy atom. The number of carbonyl (C=O) groups excluding carboxylic acids is 1. The Bertz CT molecular complexity index is 537. The molecule has 0 aliphatic carbocycles. The second-order valence-corrected chi connectivity index (χ2v) is 4.36. The molecule has 0 fully saturated rings. The average molecular weight is 259 g/mol. The lowest BCUT2D eigenvalue weighted by atomic mass is 10.0. The van der Waals surface area contributed by atoms with E-state index in [4.69, 9.17) is 0 Å². The predicted octanol–water partition coefficient (Wildman–Crippen LogP) is 1.53. The predicted molar refractivity (Wildman–Crippen MR) is 70.4 cm³/mol. The van der Waals surface area contributed by atoms with Crippen molar-refractivity contribution in [2.45, 2.75) is 32.4 Å². The summed E-state index contributed by atoms with van der Waals surface area (Å²) in [5, 5.41) is 14.1. The molecule has 1 aromatic heterocycles. The lowest BCUT2D eigenvalue weighted by Gasteiger charge is -2.10. The van der Waals surface area contributed by atoms with Gasteiger partial charge in [-0.1, -0.05) is 37.3 Å². The van der Waals surface area contributed by atoms with E-state index in [0.29, 0.717) is 11.4 Å². The van der Waals surface area contributed by atoms with Crippen LogP contribution < -0.4 is 0 Å². The first kappa shape index (κ1) is 13.4. The highest BCUT2D eigenvalue weighted by atomic mass is 16.3. The van der Waals surface area contributed by atoms with Crippen LogP contribution >= 0.6 is 0 Å². The highest BCUT2D eigenvalue weighted by molar-refractivity contribution is 5.85. The van der Waals surface area contributed by atoms with E-state index in [2.05, 4.69) is 10.1 Å². The SMILES string of the molecule is CCCn1ncnc1CC(=O)C(O)c1ccccc1. The maximum absolute atomic E-state index is 12.0. The summed E-state index contributed by atoms with van der Waals surface area (Å²) in [7, 11) is 0. The second-order valence-electron chi connectivity index (χ2n) is 4.36. The number of hydrogen-bond acceptors (Lipinski definition) is 4. The molecular formula is C14H17N3O2. The van der Waals surface area contributed by atoms with Crippen LogP contribution in [0.2, 0.25) is 0 Å². The minimum absolute atomic E-state index is 0.0933. The minimum atomic E-state index is -1.10. The number of rotatable bonds is 6. The van der Waals surface area contributed by atoms with Crippen molar-refractivity contribution in [1.82, 2.24) is 14.8 Å². The quantitative estimate of drug-likeness (QED) is 0.854. The van der Waals surface area contributed by atoms with Gasteiger partial charge >= 0.3 is 0 Å². The third kappa shape index (κ3) is 3.26. The van der Waals surface area contributed by atoms with Gasteiger partial charge in [-0.15, -0.1) is 0 Å². The minimum Gasteiger partial charge on any atom is -0.381 e. The highest BCUT2D eigenvalue weighted by Gasteiger charge is 2.19. The molecule has 1 atom stereocenters. The summed E-state index contributed by atoms with van der Waals surface area (Å²) in [4.78, 5) is 16.1. The van der Waals surface area contributed by atoms with E-state index in [1.54, 1.807) is 28.9 Å². The first-order valence-electron chi connectivity index (χ1n) is 6.34. The Hall–Kier alpha value is -2.01. The van der Waals surface area contributed by atoms with Crippen LogP contribution in [0.5, 0.6) is 0 Å². The zero-order valence-corrected chi connectivity index (χ0v) is 10.9. The number of aliphatic hydroxyl groups excluding tert-OH is 1. The number of aromatic nitrogens is 3. The largest absolute Gasteiger partial charge is 0.381 e. The maximum atomic E-state index is 12.0. The Balaban J connectivity index is 2.06. The molecule has 1 N–H and O–H groups in total. The van der Waals surface area contributed by atoms with E-state index < -0.39 is 6.10 Å². The van der Waals surface area contributed by atoms with Gasteiger partial charge in [0, 0.05) is 6.54 Å². The molecule has 5 nitrogen and oxygen atoms in total. The zero-order chi connectivity index (χ0) is 13.7. The molecule has 2 aromatic rings. The molecule has 19 heavy (non-hydrogen) atoms. The van der Waals surface area contributed by atoms with Crippen LogP contribution in [-0.2, 0) is 17.8 Å². The number of Topliss-reactive ketones (excluding diaryl/α,β-unsaturated/α-hetero) is 1. The van der Waals surface area contributed by atoms with Gasteiger partial charge in [0.15, 0.2) is 5.78 Å². The third-order valence-electron chi connectivity index (χ3n) is 2.88. The van der Waals surface area contributed by atoms with Crippen molar-refractivity contribution in [3.05, 3.63) is 48.0 Å². The number of ketones is 1. The number of hydrogen-bond donors (Lipinski definition) is 1. The van der Waals surface area contributed by atoms with Gasteiger partial charge in [0.05, 0.1) is 6.42 Å². The molecule has 0 spiro atoms. The summed E-state index contributed by atoms with van der Waals surface area (Å²) < 4.78 is 1.70. The van der Waals surface area contributed by atoms with Gasteiger partial charge in [0.2, 0.25) is 0 Å². The Kier molecular flexibility index (Phi) is 4.41. The van der Waals surface area contributed by atoms with Gasteiger partial charge < -0.3 is 5.11 Å². The Morgan fingerprint density at radius 3 is 2.79 bits per heavy atom. The molecule has 0 bridgehead atoms. The molecule has 0 saturated carbocycles. The molecule has 5 heteroatoms. The number of aliphatic hydroxyl groups is 1. The number of carbonyl (C=O) groups is 1. The number of benzene rings is 1. The molecule has 0 aliphatic heterocycles. The summed E-state index contributed by atoms with van der Waals surface area (Å²) in [5.41, 5.74) is 0.606. The van der Waals surface area contributed by atoms with E-state index in [1.165, 1.54) is 6.33 Å². The van der Waals surface area contributed by atoms with Crippen molar-refractivity contribution < 1.29 is 9.90 Å². The van der Waals surface area contributed by atoms with Crippen LogP contribution in [-0.4, -0.2) is 25.7 Å². The highest BCUT2D eigenvalue weighted by Crippen LogP contribution is 2.15. The Morgan fingerprint density at radius 1 is 1.37 bits per heavy atom. The molecule has 2 rings (SSSR count). The average Bonchev–Trinajstić information content (AvgIpc) is 2.86. The molecule has 1 unspecified atom stereocenters. The van der Waals surface area contributed by atoms with E-state index >= 15 is 0 Å². The first-order chi connectivity index (χ1) is 9.22. The van der Waals surface area contributed by atoms with Crippen molar-refractivity contribution in [2.24, 2.45) is 0 Å². The summed E-state index contributed by atoms with van der Waals surface area (Å²) in [5.74, 6) is 0.332. The van der Waals surface area contributed by atoms with Crippen LogP contribution in [0, 0.1) is 0 Å². The van der Waals surface area contributed by atoms with E-state index in [9.17, 15) is 9.90 Å². The summed E-state index contributed by atoms with van der Waals surface area (Å²) in [6.45, 7) is 2.76. The van der Waals surface area contributed by atoms with Crippen LogP contribution in [0.4, 0.5) is 0 Å². The number of nitrogens with zero attached hydrogens (tertiary/aromatic N) is 3. The van der Waals surface area contributed by atoms with Gasteiger partial charge in [-0.05, 0) is 12.0 Å². The molecule has 0 saturated heterocycles. The fourth-order valence-electron chi connectivity index (χ4n) is 1.90. The van der Waals surface area contributed by atoms with Crippen molar-refractivity contribution in [3.8, 4) is 0 Å². The topological polar surface area (TPSA) is 68.0 Å². The van der Waals surface area contributed by atoms with Crippen LogP contribution in [0.3, 0.4) is 0 Å². The van der Waals surface area contributed by atoms with E-state index in [-0.39, 0.29) is 12.2 Å². The maximum Gasteiger partial charge on any atom is 0.173 e. The molecular weight excluding hydrogens is 242 g/mol. The van der Waals surface area contributed by atoms with Gasteiger partial charge in [-0.3, -0.25) is 4.79 Å². The monoisotopic (exact) mass is 259 g/mol. The molecule has 0 radical (unpaired) electrons. The van der Waals surface area contributed by atoms with Gasteiger partial charge in [-0.2, -0.15) is 5.10 Å². The van der Waals surface area contributed by atoms with Gasteiger partial charge in [-0.25, -0.2) is 9.67 Å². The second kappa shape index (κ2) is 6.24. The summed E-state index contributed by atoms with van der Waals surface area (Å²) in [6, 6.07) is 8.91. The van der Waals surface area contributed by atoms with Crippen molar-refractivity contribution >= 4 is 5.78 Å². The standard InChI is InChI=1S/C14H17N3O2/c1-2-8-17-13(15-10-16-17)9-12(18)14(19)11-6-4-3-5-7-11/h3-7,10,14,19H,2,8-9H2,1H3. The smallest absolute Gasteiger partial charge is 0.173 e. The van der Waals surface area contributed by atoms with Crippen molar-refractivity contribution in [1.29, 1.82) is 0 Å². The fourth-order valence-corrected chi connectivity index (χ4v) is 1.90. The number of aryl methyl sites for hydroxylation is 1. The van der Waals surface area contributed by atoms with Gasteiger partial charge in [0.25, 0.3) is 0 Å². The molecule has 1 heterocycles. The lowest BCUT2D eigenvalue weighted by molar-refractivity contribution is -0.126. The fraction of sp³-hybridized carbons (Fsp3) is 0.357. The normalized spacial score (nSPS) is 12.3. The first-order valence-corrected chi connectivity index (χ1v) is 6.34. The summed E-state index contributed by atoms with van der Waals surface area (Å²) in [6.07, 6.45) is 1.35. The van der Waals surface area contributed by atoms with Crippen molar-refractivity contribution in [3.63, 3.8) is 0 Å². The third-order valence-corrected chi connectivity index (χ3v) is 2.88. The van der Waals surface area contributed by atoms with Crippen LogP contribution in [0.1, 0.15) is 30.8 Å². The lowest BCUT2D eigenvalue weighted by Crippen LogP contribution is -2.17. The van der Waals surface area contributed by atoms with Gasteiger partial charge in [0.1, 0.15) is 18.3 Å².